The number of likely N-dealkylation sites (tertiary alicyclic amines) is 1. The van der Waals surface area contributed by atoms with E-state index >= 15 is 0 Å². The number of nitrogens with one attached hydrogen (secondary N) is 1. The lowest BCUT2D eigenvalue weighted by molar-refractivity contribution is -0.208. The highest BCUT2D eigenvalue weighted by atomic mass is 16.6. The van der Waals surface area contributed by atoms with Crippen molar-refractivity contribution in [3.8, 4) is 0 Å². The number of aliphatic hydroxyl groups is 1. The molecule has 9 atom stereocenters. The van der Waals surface area contributed by atoms with Crippen LogP contribution in [0.4, 0.5) is 4.79 Å². The highest BCUT2D eigenvalue weighted by Gasteiger charge is 2.71. The molecule has 9 nitrogen and oxygen atoms in total. The molecule has 0 spiro atoms. The van der Waals surface area contributed by atoms with Crippen molar-refractivity contribution in [2.45, 2.75) is 103 Å². The fourth-order valence-electron chi connectivity index (χ4n) is 10.4. The van der Waals surface area contributed by atoms with Crippen LogP contribution in [0.1, 0.15) is 85.0 Å². The van der Waals surface area contributed by atoms with Gasteiger partial charge in [-0.2, -0.15) is 0 Å². The quantitative estimate of drug-likeness (QED) is 0.363. The van der Waals surface area contributed by atoms with Gasteiger partial charge in [0.1, 0.15) is 18.8 Å². The van der Waals surface area contributed by atoms with Gasteiger partial charge in [-0.1, -0.05) is 13.8 Å². The number of carbonyl (C=O) groups is 3. The molecule has 0 unspecified atom stereocenters. The van der Waals surface area contributed by atoms with Crippen LogP contribution in [0.5, 0.6) is 0 Å². The Bertz CT molecular complexity index is 1090. The molecule has 0 aromatic rings. The molecule has 5 fully saturated rings. The summed E-state index contributed by atoms with van der Waals surface area (Å²) in [6.45, 7) is 9.90. The number of fused-ring (bicyclic) bond motifs is 5. The maximum absolute atomic E-state index is 12.7. The van der Waals surface area contributed by atoms with Gasteiger partial charge in [-0.05, 0) is 99.6 Å². The minimum Gasteiger partial charge on any atom is -0.462 e. The molecule has 6 rings (SSSR count). The third-order valence-corrected chi connectivity index (χ3v) is 12.4. The number of hydrogen-bond acceptors (Lipinski definition) is 8. The second-order valence-electron chi connectivity index (χ2n) is 14.3. The van der Waals surface area contributed by atoms with Crippen LogP contribution in [0, 0.1) is 34.5 Å². The van der Waals surface area contributed by atoms with Crippen molar-refractivity contribution < 1.29 is 33.7 Å². The van der Waals surface area contributed by atoms with Crippen LogP contribution in [0.3, 0.4) is 0 Å². The molecule has 4 aliphatic carbocycles. The lowest BCUT2D eigenvalue weighted by atomic mass is 9.43. The number of rotatable bonds is 6. The minimum absolute atomic E-state index is 0.0623. The molecule has 2 heterocycles. The van der Waals surface area contributed by atoms with Gasteiger partial charge in [-0.3, -0.25) is 4.79 Å². The number of ether oxygens (including phenoxy) is 3. The Morgan fingerprint density at radius 1 is 1.10 bits per heavy atom. The fourth-order valence-corrected chi connectivity index (χ4v) is 10.4. The van der Waals surface area contributed by atoms with Crippen molar-refractivity contribution in [1.29, 1.82) is 0 Å². The second kappa shape index (κ2) is 10.9. The van der Waals surface area contributed by atoms with E-state index in [0.717, 1.165) is 70.2 Å². The number of hydrogen-bond donors (Lipinski definition) is 2. The number of nitrogens with zero attached hydrogens (tertiary/aromatic N) is 1. The van der Waals surface area contributed by atoms with E-state index in [1.807, 2.05) is 0 Å². The summed E-state index contributed by atoms with van der Waals surface area (Å²) in [4.78, 5) is 39.1. The maximum atomic E-state index is 12.7. The SMILES string of the molecule is CC(=O)O[C@H]1C[C@]2(O)[C@@H]3CC[C@@H]4C[C@@H](OC(=O)NCCN5CCCC5)CC[C@]4(C)[C@H]3CC[C@]2(C)[C@H]1C1=CC(=O)OC1. The first-order valence-electron chi connectivity index (χ1n) is 16.0. The Kier molecular flexibility index (Phi) is 7.67. The molecule has 1 amide bonds. The highest BCUT2D eigenvalue weighted by molar-refractivity contribution is 5.85. The maximum Gasteiger partial charge on any atom is 0.407 e. The summed E-state index contributed by atoms with van der Waals surface area (Å²) in [6, 6.07) is 0. The van der Waals surface area contributed by atoms with Crippen LogP contribution < -0.4 is 5.32 Å². The van der Waals surface area contributed by atoms with Gasteiger partial charge in [0.2, 0.25) is 0 Å². The Morgan fingerprint density at radius 2 is 1.88 bits per heavy atom. The first-order valence-corrected chi connectivity index (χ1v) is 16.0. The molecule has 9 heteroatoms. The lowest BCUT2D eigenvalue weighted by Crippen LogP contribution is -2.62. The Labute approximate surface area is 243 Å². The van der Waals surface area contributed by atoms with Crippen molar-refractivity contribution in [3.05, 3.63) is 11.6 Å². The molecular formula is C32H48N2O7. The number of amides is 1. The second-order valence-corrected chi connectivity index (χ2v) is 14.3. The zero-order chi connectivity index (χ0) is 29.0. The van der Waals surface area contributed by atoms with E-state index in [2.05, 4.69) is 24.1 Å². The zero-order valence-electron chi connectivity index (χ0n) is 25.0. The number of esters is 2. The van der Waals surface area contributed by atoms with E-state index in [1.165, 1.54) is 19.8 Å². The third-order valence-electron chi connectivity index (χ3n) is 12.4. The van der Waals surface area contributed by atoms with Crippen LogP contribution in [0.15, 0.2) is 11.6 Å². The summed E-state index contributed by atoms with van der Waals surface area (Å²) in [5.41, 5.74) is -0.601. The first kappa shape index (κ1) is 29.0. The monoisotopic (exact) mass is 572 g/mol. The molecule has 6 aliphatic rings. The molecule has 1 saturated heterocycles. The molecule has 0 radical (unpaired) electrons. The van der Waals surface area contributed by atoms with E-state index in [-0.39, 0.29) is 48.0 Å². The average Bonchev–Trinajstić information content (AvgIpc) is 3.62. The van der Waals surface area contributed by atoms with Crippen molar-refractivity contribution in [2.75, 3.05) is 32.8 Å². The molecule has 4 saturated carbocycles. The number of alkyl carbamates (subject to hydrolysis) is 1. The summed E-state index contributed by atoms with van der Waals surface area (Å²) in [7, 11) is 0. The molecular weight excluding hydrogens is 524 g/mol. The topological polar surface area (TPSA) is 114 Å². The van der Waals surface area contributed by atoms with Gasteiger partial charge >= 0.3 is 18.0 Å². The van der Waals surface area contributed by atoms with Crippen LogP contribution in [-0.4, -0.2) is 78.6 Å². The Hall–Kier alpha value is -2.13. The molecule has 228 valence electrons. The third kappa shape index (κ3) is 4.98. The van der Waals surface area contributed by atoms with Gasteiger partial charge in [-0.25, -0.2) is 9.59 Å². The van der Waals surface area contributed by atoms with Crippen LogP contribution >= 0.6 is 0 Å². The number of cyclic esters (lactones) is 1. The molecule has 2 aliphatic heterocycles. The van der Waals surface area contributed by atoms with Gasteiger partial charge < -0.3 is 29.5 Å². The predicted molar refractivity (Wildman–Crippen MR) is 151 cm³/mol. The van der Waals surface area contributed by atoms with E-state index in [9.17, 15) is 19.5 Å². The average molecular weight is 573 g/mol. The fraction of sp³-hybridized carbons (Fsp3) is 0.844. The van der Waals surface area contributed by atoms with E-state index in [4.69, 9.17) is 14.2 Å². The molecule has 2 N–H and O–H groups in total. The Balaban J connectivity index is 1.13. The van der Waals surface area contributed by atoms with Crippen molar-refractivity contribution >= 4 is 18.0 Å². The van der Waals surface area contributed by atoms with E-state index in [1.54, 1.807) is 6.08 Å². The van der Waals surface area contributed by atoms with Crippen LogP contribution in [0.2, 0.25) is 0 Å². The standard InChI is InChI=1S/C32H48N2O7/c1-20(35)40-26-18-32(38)25-7-6-22-17-23(41-29(37)33-12-15-34-13-4-5-14-34)8-10-30(22,2)24(25)9-11-31(32,3)28(26)21-16-27(36)39-19-21/h16,22-26,28,38H,4-15,17-19H2,1-3H3,(H,33,37)/t22-,23+,24+,25-,26+,28+,30+,31-,32+/m1/s1. The minimum atomic E-state index is -0.996. The molecule has 0 aromatic carbocycles. The summed E-state index contributed by atoms with van der Waals surface area (Å²) in [5.74, 6) is -0.0681. The van der Waals surface area contributed by atoms with E-state index < -0.39 is 17.1 Å². The molecule has 41 heavy (non-hydrogen) atoms. The summed E-state index contributed by atoms with van der Waals surface area (Å²) >= 11 is 0. The Morgan fingerprint density at radius 3 is 2.59 bits per heavy atom. The van der Waals surface area contributed by atoms with Crippen molar-refractivity contribution in [3.63, 3.8) is 0 Å². The van der Waals surface area contributed by atoms with Crippen molar-refractivity contribution in [1.82, 2.24) is 10.2 Å². The van der Waals surface area contributed by atoms with Gasteiger partial charge in [0.05, 0.1) is 5.60 Å². The van der Waals surface area contributed by atoms with Gasteiger partial charge in [-0.15, -0.1) is 0 Å². The van der Waals surface area contributed by atoms with E-state index in [0.29, 0.717) is 24.8 Å². The smallest absolute Gasteiger partial charge is 0.407 e. The van der Waals surface area contributed by atoms with Gasteiger partial charge in [0.15, 0.2) is 0 Å². The predicted octanol–water partition coefficient (Wildman–Crippen LogP) is 3.98. The normalized spacial score (nSPS) is 43.8. The highest BCUT2D eigenvalue weighted by Crippen LogP contribution is 2.70. The lowest BCUT2D eigenvalue weighted by Gasteiger charge is -2.63. The number of carbonyl (C=O) groups excluding carboxylic acids is 3. The van der Waals surface area contributed by atoms with Crippen LogP contribution in [-0.2, 0) is 23.8 Å². The van der Waals surface area contributed by atoms with Crippen molar-refractivity contribution in [2.24, 2.45) is 34.5 Å². The molecule has 0 bridgehead atoms. The van der Waals surface area contributed by atoms with Gasteiger partial charge in [0.25, 0.3) is 0 Å². The zero-order valence-corrected chi connectivity index (χ0v) is 25.0. The largest absolute Gasteiger partial charge is 0.462 e. The van der Waals surface area contributed by atoms with Gasteiger partial charge in [0, 0.05) is 43.8 Å². The summed E-state index contributed by atoms with van der Waals surface area (Å²) in [6.07, 6.45) is 9.97. The van der Waals surface area contributed by atoms with Crippen LogP contribution in [0.25, 0.3) is 0 Å². The first-order chi connectivity index (χ1) is 19.5. The summed E-state index contributed by atoms with van der Waals surface area (Å²) < 4.78 is 17.0. The summed E-state index contributed by atoms with van der Waals surface area (Å²) in [5, 5.41) is 15.6. The molecule has 0 aromatic heterocycles.